The number of hydrogen-bond acceptors (Lipinski definition) is 3. The van der Waals surface area contributed by atoms with Crippen molar-refractivity contribution in [1.29, 1.82) is 0 Å². The molecule has 2 N–H and O–H groups in total. The molecule has 2 aromatic rings. The zero-order valence-electron chi connectivity index (χ0n) is 15.4. The van der Waals surface area contributed by atoms with E-state index < -0.39 is 17.8 Å². The summed E-state index contributed by atoms with van der Waals surface area (Å²) in [4.78, 5) is 25.6. The zero-order chi connectivity index (χ0) is 20.5. The van der Waals surface area contributed by atoms with Crippen molar-refractivity contribution < 1.29 is 22.8 Å². The maximum Gasteiger partial charge on any atom is 0.416 e. The van der Waals surface area contributed by atoms with Crippen LogP contribution >= 0.6 is 0 Å². The molecule has 2 aromatic carbocycles. The third kappa shape index (κ3) is 4.27. The lowest BCUT2D eigenvalue weighted by atomic mass is 10.1. The normalized spacial score (nSPS) is 14.4. The van der Waals surface area contributed by atoms with Crippen LogP contribution in [0.2, 0.25) is 0 Å². The Labute approximate surface area is 160 Å². The highest BCUT2D eigenvalue weighted by molar-refractivity contribution is 5.97. The van der Waals surface area contributed by atoms with Gasteiger partial charge in [-0.2, -0.15) is 13.2 Å². The minimum atomic E-state index is -4.41. The molecule has 0 bridgehead atoms. The van der Waals surface area contributed by atoms with Crippen LogP contribution in [0, 0.1) is 0 Å². The Balaban J connectivity index is 1.63. The van der Waals surface area contributed by atoms with Crippen molar-refractivity contribution in [3.63, 3.8) is 0 Å². The van der Waals surface area contributed by atoms with E-state index in [1.54, 1.807) is 17.9 Å². The van der Waals surface area contributed by atoms with E-state index in [0.717, 1.165) is 35.5 Å². The largest absolute Gasteiger partial charge is 0.416 e. The average Bonchev–Trinajstić information content (AvgIpc) is 3.04. The second-order valence-corrected chi connectivity index (χ2v) is 6.69. The molecule has 148 valence electrons. The van der Waals surface area contributed by atoms with Crippen LogP contribution in [0.25, 0.3) is 0 Å². The van der Waals surface area contributed by atoms with Gasteiger partial charge in [0, 0.05) is 30.5 Å². The van der Waals surface area contributed by atoms with Gasteiger partial charge in [-0.25, -0.2) is 0 Å². The van der Waals surface area contributed by atoms with Crippen molar-refractivity contribution in [2.24, 2.45) is 0 Å². The number of fused-ring (bicyclic) bond motifs is 1. The quantitative estimate of drug-likeness (QED) is 0.827. The summed E-state index contributed by atoms with van der Waals surface area (Å²) in [6.45, 7) is 3.82. The number of anilines is 3. The van der Waals surface area contributed by atoms with Gasteiger partial charge in [0.05, 0.1) is 5.56 Å². The lowest BCUT2D eigenvalue weighted by Crippen LogP contribution is -2.31. The van der Waals surface area contributed by atoms with Gasteiger partial charge in [-0.3, -0.25) is 9.59 Å². The molecule has 0 saturated carbocycles. The summed E-state index contributed by atoms with van der Waals surface area (Å²) in [6, 6.07) is 9.22. The van der Waals surface area contributed by atoms with Crippen LogP contribution in [-0.4, -0.2) is 24.4 Å². The molecule has 0 fully saturated rings. The van der Waals surface area contributed by atoms with E-state index in [9.17, 15) is 22.8 Å². The fourth-order valence-corrected chi connectivity index (χ4v) is 3.13. The number of alkyl halides is 3. The summed E-state index contributed by atoms with van der Waals surface area (Å²) in [7, 11) is 0. The van der Waals surface area contributed by atoms with Gasteiger partial charge in [0.1, 0.15) is 6.04 Å². The fraction of sp³-hybridized carbons (Fsp3) is 0.300. The number of amides is 2. The number of halogens is 3. The molecule has 5 nitrogen and oxygen atoms in total. The molecular weight excluding hydrogens is 371 g/mol. The first kappa shape index (κ1) is 19.7. The molecule has 2 amide bonds. The highest BCUT2D eigenvalue weighted by Gasteiger charge is 2.30. The molecule has 1 atom stereocenters. The van der Waals surface area contributed by atoms with E-state index in [-0.39, 0.29) is 17.5 Å². The van der Waals surface area contributed by atoms with E-state index in [1.807, 2.05) is 12.1 Å². The number of hydrogen-bond donors (Lipinski definition) is 2. The minimum absolute atomic E-state index is 0.0104. The maximum atomic E-state index is 12.6. The Morgan fingerprint density at radius 1 is 1.07 bits per heavy atom. The van der Waals surface area contributed by atoms with Crippen LogP contribution in [0.15, 0.2) is 42.5 Å². The van der Waals surface area contributed by atoms with Gasteiger partial charge >= 0.3 is 6.18 Å². The van der Waals surface area contributed by atoms with Crippen LogP contribution in [-0.2, 0) is 22.2 Å². The molecule has 1 heterocycles. The molecule has 1 unspecified atom stereocenters. The standard InChI is InChI=1S/C20H20F3N3O2/c1-12(19(28)25-16-5-3-15(4-6-16)20(21,22)23)24-17-7-8-18-14(11-17)9-10-26(18)13(2)27/h3-8,11-12,24H,9-10H2,1-2H3,(H,25,28). The lowest BCUT2D eigenvalue weighted by molar-refractivity contribution is -0.137. The molecule has 1 aliphatic heterocycles. The van der Waals surface area contributed by atoms with Gasteiger partial charge in [0.15, 0.2) is 0 Å². The van der Waals surface area contributed by atoms with E-state index in [0.29, 0.717) is 6.54 Å². The Bertz CT molecular complexity index is 895. The molecule has 0 spiro atoms. The summed E-state index contributed by atoms with van der Waals surface area (Å²) in [5.41, 5.74) is 2.15. The number of nitrogens with zero attached hydrogens (tertiary/aromatic N) is 1. The SMILES string of the molecule is CC(=O)N1CCc2cc(NC(C)C(=O)Nc3ccc(C(F)(F)F)cc3)ccc21. The number of carbonyl (C=O) groups excluding carboxylic acids is 2. The monoisotopic (exact) mass is 391 g/mol. The number of benzene rings is 2. The second-order valence-electron chi connectivity index (χ2n) is 6.69. The summed E-state index contributed by atoms with van der Waals surface area (Å²) < 4.78 is 37.8. The average molecular weight is 391 g/mol. The first-order valence-electron chi connectivity index (χ1n) is 8.81. The third-order valence-electron chi connectivity index (χ3n) is 4.61. The summed E-state index contributed by atoms with van der Waals surface area (Å²) in [5.74, 6) is -0.380. The summed E-state index contributed by atoms with van der Waals surface area (Å²) >= 11 is 0. The highest BCUT2D eigenvalue weighted by atomic mass is 19.4. The molecule has 0 radical (unpaired) electrons. The Morgan fingerprint density at radius 2 is 1.71 bits per heavy atom. The predicted octanol–water partition coefficient (Wildman–Crippen LogP) is 4.05. The first-order chi connectivity index (χ1) is 13.1. The van der Waals surface area contributed by atoms with Crippen LogP contribution in [0.4, 0.5) is 30.2 Å². The molecule has 0 aromatic heterocycles. The summed E-state index contributed by atoms with van der Waals surface area (Å²) in [6.07, 6.45) is -3.67. The van der Waals surface area contributed by atoms with Crippen molar-refractivity contribution in [2.75, 3.05) is 22.1 Å². The smallest absolute Gasteiger partial charge is 0.374 e. The Morgan fingerprint density at radius 3 is 2.32 bits per heavy atom. The van der Waals surface area contributed by atoms with Crippen molar-refractivity contribution in [2.45, 2.75) is 32.5 Å². The van der Waals surface area contributed by atoms with Crippen LogP contribution in [0.1, 0.15) is 25.0 Å². The van der Waals surface area contributed by atoms with Crippen LogP contribution in [0.5, 0.6) is 0 Å². The van der Waals surface area contributed by atoms with Crippen molar-refractivity contribution in [3.8, 4) is 0 Å². The van der Waals surface area contributed by atoms with Gasteiger partial charge in [-0.1, -0.05) is 0 Å². The van der Waals surface area contributed by atoms with Gasteiger partial charge in [0.2, 0.25) is 11.8 Å². The zero-order valence-corrected chi connectivity index (χ0v) is 15.4. The predicted molar refractivity (Wildman–Crippen MR) is 101 cm³/mol. The van der Waals surface area contributed by atoms with E-state index in [2.05, 4.69) is 10.6 Å². The molecule has 8 heteroatoms. The Kier molecular flexibility index (Phi) is 5.31. The molecule has 28 heavy (non-hydrogen) atoms. The first-order valence-corrected chi connectivity index (χ1v) is 8.81. The molecular formula is C20H20F3N3O2. The van der Waals surface area contributed by atoms with Gasteiger partial charge < -0.3 is 15.5 Å². The van der Waals surface area contributed by atoms with E-state index in [1.165, 1.54) is 19.1 Å². The summed E-state index contributed by atoms with van der Waals surface area (Å²) in [5, 5.41) is 5.67. The van der Waals surface area contributed by atoms with Crippen LogP contribution in [0.3, 0.4) is 0 Å². The highest BCUT2D eigenvalue weighted by Crippen LogP contribution is 2.31. The van der Waals surface area contributed by atoms with Gasteiger partial charge in [0.25, 0.3) is 0 Å². The Hall–Kier alpha value is -3.03. The van der Waals surface area contributed by atoms with Crippen molar-refractivity contribution in [1.82, 2.24) is 0 Å². The van der Waals surface area contributed by atoms with Crippen molar-refractivity contribution in [3.05, 3.63) is 53.6 Å². The van der Waals surface area contributed by atoms with Gasteiger partial charge in [-0.05, 0) is 61.4 Å². The molecule has 3 rings (SSSR count). The molecule has 0 saturated heterocycles. The second kappa shape index (κ2) is 7.53. The maximum absolute atomic E-state index is 12.6. The number of carbonyl (C=O) groups is 2. The molecule has 1 aliphatic rings. The number of rotatable bonds is 4. The van der Waals surface area contributed by atoms with E-state index in [4.69, 9.17) is 0 Å². The minimum Gasteiger partial charge on any atom is -0.374 e. The molecule has 0 aliphatic carbocycles. The third-order valence-corrected chi connectivity index (χ3v) is 4.61. The van der Waals surface area contributed by atoms with Crippen LogP contribution < -0.4 is 15.5 Å². The van der Waals surface area contributed by atoms with E-state index >= 15 is 0 Å². The number of nitrogens with one attached hydrogen (secondary N) is 2. The fourth-order valence-electron chi connectivity index (χ4n) is 3.13. The van der Waals surface area contributed by atoms with Crippen molar-refractivity contribution >= 4 is 28.9 Å². The van der Waals surface area contributed by atoms with Gasteiger partial charge in [-0.15, -0.1) is 0 Å². The topological polar surface area (TPSA) is 61.4 Å². The lowest BCUT2D eigenvalue weighted by Gasteiger charge is -2.18.